The SMILES string of the molecule is Fc1ccc(Nc2ncnc3ccc(C[C@@H](c4ccc(Cl)cc4)c4cn(C5COC5)nn4)cc23)cc1Cl. The van der Waals surface area contributed by atoms with Gasteiger partial charge in [-0.25, -0.2) is 19.0 Å². The van der Waals surface area contributed by atoms with E-state index in [0.717, 1.165) is 27.7 Å². The Kier molecular flexibility index (Phi) is 6.46. The maximum Gasteiger partial charge on any atom is 0.141 e. The van der Waals surface area contributed by atoms with E-state index >= 15 is 0 Å². The standard InChI is InChI=1S/C27H21Cl2FN6O/c28-18-4-2-17(3-5-18)21(26-12-36(35-34-26)20-13-37-14-20)9-16-1-8-25-22(10-16)27(32-15-31-25)33-19-6-7-24(30)23(29)11-19/h1-8,10-12,15,20-21H,9,13-14H2,(H,31,32,33)/t21-/m0/s1. The second-order valence-corrected chi connectivity index (χ2v) is 9.79. The first-order chi connectivity index (χ1) is 18.0. The average Bonchev–Trinajstić information content (AvgIpc) is 3.34. The third kappa shape index (κ3) is 5.00. The molecule has 186 valence electrons. The molecular formula is C27H21Cl2FN6O. The maximum atomic E-state index is 13.6. The van der Waals surface area contributed by atoms with Crippen LogP contribution in [0.4, 0.5) is 15.9 Å². The van der Waals surface area contributed by atoms with E-state index in [1.165, 1.54) is 18.5 Å². The highest BCUT2D eigenvalue weighted by atomic mass is 35.5. The predicted octanol–water partition coefficient (Wildman–Crippen LogP) is 6.36. The highest BCUT2D eigenvalue weighted by Crippen LogP contribution is 2.32. The molecule has 37 heavy (non-hydrogen) atoms. The molecule has 5 aromatic rings. The molecule has 1 saturated heterocycles. The van der Waals surface area contributed by atoms with Crippen LogP contribution in [0.2, 0.25) is 10.0 Å². The van der Waals surface area contributed by atoms with Crippen molar-refractivity contribution in [3.8, 4) is 0 Å². The van der Waals surface area contributed by atoms with Gasteiger partial charge in [0.05, 0.1) is 29.4 Å². The first-order valence-electron chi connectivity index (χ1n) is 11.7. The topological polar surface area (TPSA) is 77.8 Å². The van der Waals surface area contributed by atoms with Crippen molar-refractivity contribution in [2.24, 2.45) is 0 Å². The minimum atomic E-state index is -0.475. The molecule has 0 bridgehead atoms. The Morgan fingerprint density at radius 2 is 1.86 bits per heavy atom. The number of hydrogen-bond acceptors (Lipinski definition) is 6. The van der Waals surface area contributed by atoms with Crippen LogP contribution >= 0.6 is 23.2 Å². The smallest absolute Gasteiger partial charge is 0.141 e. The summed E-state index contributed by atoms with van der Waals surface area (Å²) >= 11 is 12.1. The molecule has 0 spiro atoms. The summed E-state index contributed by atoms with van der Waals surface area (Å²) in [6.07, 6.45) is 4.17. The fourth-order valence-corrected chi connectivity index (χ4v) is 4.68. The molecule has 10 heteroatoms. The molecule has 0 unspecified atom stereocenters. The van der Waals surface area contributed by atoms with Crippen LogP contribution in [0.3, 0.4) is 0 Å². The van der Waals surface area contributed by atoms with E-state index < -0.39 is 5.82 Å². The lowest BCUT2D eigenvalue weighted by atomic mass is 9.89. The van der Waals surface area contributed by atoms with Gasteiger partial charge in [-0.15, -0.1) is 5.10 Å². The number of halogens is 3. The normalized spacial score (nSPS) is 14.5. The average molecular weight is 535 g/mol. The van der Waals surface area contributed by atoms with Crippen molar-refractivity contribution in [1.82, 2.24) is 25.0 Å². The summed E-state index contributed by atoms with van der Waals surface area (Å²) in [5.41, 5.74) is 4.45. The van der Waals surface area contributed by atoms with E-state index in [9.17, 15) is 4.39 Å². The van der Waals surface area contributed by atoms with Crippen LogP contribution in [0.5, 0.6) is 0 Å². The predicted molar refractivity (Wildman–Crippen MR) is 141 cm³/mol. The van der Waals surface area contributed by atoms with Crippen LogP contribution in [0, 0.1) is 5.82 Å². The fraction of sp³-hybridized carbons (Fsp3) is 0.185. The molecule has 3 heterocycles. The second kappa shape index (κ2) is 10.0. The van der Waals surface area contributed by atoms with E-state index in [1.54, 1.807) is 6.07 Å². The van der Waals surface area contributed by atoms with E-state index in [0.29, 0.717) is 36.2 Å². The van der Waals surface area contributed by atoms with Crippen molar-refractivity contribution in [1.29, 1.82) is 0 Å². The molecule has 0 aliphatic carbocycles. The van der Waals surface area contributed by atoms with Crippen molar-refractivity contribution >= 4 is 45.6 Å². The van der Waals surface area contributed by atoms with Gasteiger partial charge in [-0.05, 0) is 60.0 Å². The third-order valence-electron chi connectivity index (χ3n) is 6.47. The largest absolute Gasteiger partial charge is 0.377 e. The second-order valence-electron chi connectivity index (χ2n) is 8.95. The Labute approximate surface area is 222 Å². The first-order valence-corrected chi connectivity index (χ1v) is 12.5. The zero-order valence-electron chi connectivity index (χ0n) is 19.5. The van der Waals surface area contributed by atoms with Crippen molar-refractivity contribution in [2.75, 3.05) is 18.5 Å². The van der Waals surface area contributed by atoms with Gasteiger partial charge in [-0.2, -0.15) is 0 Å². The number of fused-ring (bicyclic) bond motifs is 1. The highest BCUT2D eigenvalue weighted by molar-refractivity contribution is 6.31. The van der Waals surface area contributed by atoms with Gasteiger partial charge in [0.25, 0.3) is 0 Å². The maximum absolute atomic E-state index is 13.6. The Bertz CT molecular complexity index is 1570. The molecule has 1 N–H and O–H groups in total. The molecule has 7 nitrogen and oxygen atoms in total. The zero-order chi connectivity index (χ0) is 25.4. The minimum absolute atomic E-state index is 0.0383. The zero-order valence-corrected chi connectivity index (χ0v) is 21.0. The Morgan fingerprint density at radius 3 is 2.62 bits per heavy atom. The molecule has 1 aliphatic rings. The van der Waals surface area contributed by atoms with Gasteiger partial charge in [0.15, 0.2) is 0 Å². The van der Waals surface area contributed by atoms with Gasteiger partial charge in [0.2, 0.25) is 0 Å². The number of hydrogen-bond donors (Lipinski definition) is 1. The van der Waals surface area contributed by atoms with Crippen LogP contribution in [-0.2, 0) is 11.2 Å². The van der Waals surface area contributed by atoms with Gasteiger partial charge in [-0.3, -0.25) is 0 Å². The van der Waals surface area contributed by atoms with Crippen LogP contribution in [0.1, 0.15) is 28.8 Å². The fourth-order valence-electron chi connectivity index (χ4n) is 4.37. The number of benzene rings is 3. The Balaban J connectivity index is 1.35. The Morgan fingerprint density at radius 1 is 1.03 bits per heavy atom. The van der Waals surface area contributed by atoms with Crippen LogP contribution in [-0.4, -0.2) is 38.2 Å². The van der Waals surface area contributed by atoms with E-state index in [-0.39, 0.29) is 17.0 Å². The lowest BCUT2D eigenvalue weighted by Gasteiger charge is -2.25. The van der Waals surface area contributed by atoms with E-state index in [4.69, 9.17) is 27.9 Å². The van der Waals surface area contributed by atoms with Gasteiger partial charge in [0.1, 0.15) is 24.0 Å². The van der Waals surface area contributed by atoms with Crippen LogP contribution in [0.25, 0.3) is 10.9 Å². The summed E-state index contributed by atoms with van der Waals surface area (Å²) in [4.78, 5) is 8.84. The summed E-state index contributed by atoms with van der Waals surface area (Å²) in [6.45, 7) is 1.29. The number of aromatic nitrogens is 5. The molecule has 1 fully saturated rings. The minimum Gasteiger partial charge on any atom is -0.377 e. The molecular weight excluding hydrogens is 514 g/mol. The van der Waals surface area contributed by atoms with Crippen molar-refractivity contribution in [2.45, 2.75) is 18.4 Å². The number of rotatable bonds is 7. The molecule has 3 aromatic carbocycles. The molecule has 0 amide bonds. The Hall–Kier alpha value is -3.59. The van der Waals surface area contributed by atoms with Crippen LogP contribution < -0.4 is 5.32 Å². The summed E-state index contributed by atoms with van der Waals surface area (Å²) < 4.78 is 20.8. The molecule has 0 saturated carbocycles. The number of nitrogens with zero attached hydrogens (tertiary/aromatic N) is 5. The summed E-state index contributed by atoms with van der Waals surface area (Å²) in [5.74, 6) is 0.0898. The van der Waals surface area contributed by atoms with E-state index in [2.05, 4.69) is 37.7 Å². The summed E-state index contributed by atoms with van der Waals surface area (Å²) in [5, 5.41) is 13.7. The monoisotopic (exact) mass is 534 g/mol. The lowest BCUT2D eigenvalue weighted by Crippen LogP contribution is -2.31. The lowest BCUT2D eigenvalue weighted by molar-refractivity contribution is -0.0293. The number of ether oxygens (including phenoxy) is 1. The molecule has 1 atom stereocenters. The van der Waals surface area contributed by atoms with Crippen molar-refractivity contribution < 1.29 is 9.13 Å². The first kappa shape index (κ1) is 23.8. The van der Waals surface area contributed by atoms with Crippen molar-refractivity contribution in [3.63, 3.8) is 0 Å². The van der Waals surface area contributed by atoms with Crippen molar-refractivity contribution in [3.05, 3.63) is 106 Å². The summed E-state index contributed by atoms with van der Waals surface area (Å²) in [7, 11) is 0. The quantitative estimate of drug-likeness (QED) is 0.262. The molecule has 6 rings (SSSR count). The molecule has 0 radical (unpaired) electrons. The number of nitrogens with one attached hydrogen (secondary N) is 1. The van der Waals surface area contributed by atoms with Crippen LogP contribution in [0.15, 0.2) is 73.2 Å². The number of anilines is 2. The van der Waals surface area contributed by atoms with E-state index in [1.807, 2.05) is 41.2 Å². The van der Waals surface area contributed by atoms with Gasteiger partial charge in [0, 0.05) is 28.2 Å². The molecule has 2 aromatic heterocycles. The third-order valence-corrected chi connectivity index (χ3v) is 7.02. The summed E-state index contributed by atoms with van der Waals surface area (Å²) in [6, 6.07) is 18.6. The van der Waals surface area contributed by atoms with Gasteiger partial charge in [-0.1, -0.05) is 46.6 Å². The van der Waals surface area contributed by atoms with Gasteiger partial charge >= 0.3 is 0 Å². The van der Waals surface area contributed by atoms with Gasteiger partial charge < -0.3 is 10.1 Å². The molecule has 1 aliphatic heterocycles. The highest BCUT2D eigenvalue weighted by Gasteiger charge is 2.25.